The van der Waals surface area contributed by atoms with Crippen molar-refractivity contribution in [2.75, 3.05) is 7.11 Å². The summed E-state index contributed by atoms with van der Waals surface area (Å²) >= 11 is 0. The number of rotatable bonds is 0. The molecule has 5 nitrogen and oxygen atoms in total. The Morgan fingerprint density at radius 3 is 2.14 bits per heavy atom. The number of aliphatic hydroxyl groups excluding tert-OH is 1. The lowest BCUT2D eigenvalue weighted by Gasteiger charge is -2.02. The van der Waals surface area contributed by atoms with E-state index in [-0.39, 0.29) is 4.79 Å². The zero-order valence-corrected chi connectivity index (χ0v) is 3.80. The maximum atomic E-state index is 8.18. The van der Waals surface area contributed by atoms with Crippen LogP contribution in [0.25, 0.3) is 11.7 Å². The summed E-state index contributed by atoms with van der Waals surface area (Å²) in [5.41, 5.74) is 0. The summed E-state index contributed by atoms with van der Waals surface area (Å²) in [4.78, 5) is -0.0278. The van der Waals surface area contributed by atoms with Crippen LogP contribution in [0, 0.1) is 0 Å². The van der Waals surface area contributed by atoms with Crippen LogP contribution in [0.1, 0.15) is 0 Å². The second-order valence-electron chi connectivity index (χ2n) is 0.822. The first-order chi connectivity index (χ1) is 3.18. The molecule has 0 rings (SSSR count). The van der Waals surface area contributed by atoms with E-state index in [9.17, 15) is 0 Å². The number of hydrogen-bond acceptors (Lipinski definition) is 1. The monoisotopic (exact) mass is 104 g/mol. The van der Waals surface area contributed by atoms with Crippen molar-refractivity contribution < 1.29 is 14.6 Å². The number of aliphatic hydroxyl groups is 1. The molecule has 0 radical (unpaired) electrons. The Kier molecular flexibility index (Phi) is 1.78. The normalized spacial score (nSPS) is 7.57. The fourth-order valence-electron chi connectivity index (χ4n) is 0.0913. The van der Waals surface area contributed by atoms with Crippen LogP contribution in [0.3, 0.4) is 0 Å². The second kappa shape index (κ2) is 2.12. The van der Waals surface area contributed by atoms with Gasteiger partial charge in [-0.2, -0.15) is 0 Å². The van der Waals surface area contributed by atoms with E-state index in [2.05, 4.69) is 4.74 Å². The highest BCUT2D eigenvalue weighted by Gasteiger charge is 1.91. The average molecular weight is 104 g/mol. The van der Waals surface area contributed by atoms with Crippen molar-refractivity contribution in [2.45, 2.75) is 0 Å². The van der Waals surface area contributed by atoms with Crippen molar-refractivity contribution in [3.8, 4) is 0 Å². The minimum Gasteiger partial charge on any atom is -0.454 e. The van der Waals surface area contributed by atoms with Crippen LogP contribution in [-0.2, 0) is 4.74 Å². The maximum absolute atomic E-state index is 8.18. The Balaban J connectivity index is 3.72. The van der Waals surface area contributed by atoms with Gasteiger partial charge in [0.1, 0.15) is 0 Å². The van der Waals surface area contributed by atoms with Gasteiger partial charge in [0.25, 0.3) is 0 Å². The molecule has 0 aliphatic carbocycles. The maximum Gasteiger partial charge on any atom is 0.536 e. The lowest BCUT2D eigenvalue weighted by Crippen LogP contribution is -2.08. The molecule has 0 atom stereocenters. The van der Waals surface area contributed by atoms with Crippen molar-refractivity contribution in [3.63, 3.8) is 0 Å². The van der Waals surface area contributed by atoms with Gasteiger partial charge in [-0.15, -0.1) is 0 Å². The number of ether oxygens (including phenoxy) is 1. The van der Waals surface area contributed by atoms with Crippen LogP contribution in [0.4, 0.5) is 0 Å². The van der Waals surface area contributed by atoms with E-state index in [1.165, 1.54) is 7.11 Å². The molecular weight excluding hydrogens is 98.0 g/mol. The van der Waals surface area contributed by atoms with Crippen LogP contribution < -0.4 is 0 Å². The Morgan fingerprint density at radius 1 is 1.71 bits per heavy atom. The minimum atomic E-state index is -0.736. The van der Waals surface area contributed by atoms with Crippen molar-refractivity contribution >= 4 is 6.08 Å². The predicted octanol–water partition coefficient (Wildman–Crippen LogP) is 0.494. The van der Waals surface area contributed by atoms with E-state index in [0.29, 0.717) is 0 Å². The largest absolute Gasteiger partial charge is 0.536 e. The third kappa shape index (κ3) is 1.69. The highest BCUT2D eigenvalue weighted by molar-refractivity contribution is 5.57. The van der Waals surface area contributed by atoms with E-state index < -0.39 is 6.08 Å². The van der Waals surface area contributed by atoms with E-state index in [4.69, 9.17) is 16.8 Å². The van der Waals surface area contributed by atoms with Gasteiger partial charge < -0.3 is 21.5 Å². The lowest BCUT2D eigenvalue weighted by atomic mass is 11.3. The molecule has 0 amide bonds. The third-order valence-electron chi connectivity index (χ3n) is 0.374. The highest BCUT2D eigenvalue weighted by Crippen LogP contribution is 1.73. The molecule has 0 aromatic rings. The Labute approximate surface area is 40.7 Å². The molecule has 0 aliphatic rings. The summed E-state index contributed by atoms with van der Waals surface area (Å²) < 4.78 is 4.03. The Morgan fingerprint density at radius 2 is 2.14 bits per heavy atom. The average Bonchev–Trinajstić information content (AvgIpc) is 1.65. The van der Waals surface area contributed by atoms with Gasteiger partial charge in [0.05, 0.1) is 7.11 Å². The first-order valence-electron chi connectivity index (χ1n) is 1.51. The fraction of sp³-hybridized carbons (Fsp3) is 0.500. The molecule has 0 spiro atoms. The third-order valence-corrected chi connectivity index (χ3v) is 0.374. The van der Waals surface area contributed by atoms with Gasteiger partial charge in [-0.1, -0.05) is 0 Å². The lowest BCUT2D eigenvalue weighted by molar-refractivity contribution is -0.404. The number of nitrogens with one attached hydrogen (secondary N) is 2. The summed E-state index contributed by atoms with van der Waals surface area (Å²) in [6.07, 6.45) is -0.736. The number of methoxy groups -OCH3 is 1. The highest BCUT2D eigenvalue weighted by atomic mass is 16.6. The second-order valence-corrected chi connectivity index (χ2v) is 0.822. The Hall–Kier alpha value is -1.13. The van der Waals surface area contributed by atoms with Crippen LogP contribution in [0.15, 0.2) is 0 Å². The van der Waals surface area contributed by atoms with Crippen molar-refractivity contribution in [1.82, 2.24) is 0 Å². The molecule has 0 unspecified atom stereocenters. The zero-order chi connectivity index (χ0) is 5.86. The molecule has 7 heavy (non-hydrogen) atoms. The van der Waals surface area contributed by atoms with Crippen molar-refractivity contribution in [3.05, 3.63) is 11.7 Å². The van der Waals surface area contributed by atoms with Gasteiger partial charge in [0.15, 0.2) is 0 Å². The van der Waals surface area contributed by atoms with Gasteiger partial charge in [0.2, 0.25) is 0 Å². The van der Waals surface area contributed by atoms with Crippen LogP contribution in [-0.4, -0.2) is 23.1 Å². The summed E-state index contributed by atoms with van der Waals surface area (Å²) in [5.74, 6) is 12.5. The molecule has 0 heterocycles. The predicted molar refractivity (Wildman–Crippen MR) is 23.5 cm³/mol. The van der Waals surface area contributed by atoms with Gasteiger partial charge in [0, 0.05) is 0 Å². The molecular formula is C2H6N3O2-. The first-order valence-corrected chi connectivity index (χ1v) is 1.51. The Bertz CT molecular complexity index is 84.9. The van der Waals surface area contributed by atoms with Crippen LogP contribution in [0.2, 0.25) is 0 Å². The zero-order valence-electron chi connectivity index (χ0n) is 3.80. The first kappa shape index (κ1) is 5.87. The fourth-order valence-corrected chi connectivity index (χ4v) is 0.0913. The van der Waals surface area contributed by atoms with Crippen molar-refractivity contribution in [2.24, 2.45) is 0 Å². The van der Waals surface area contributed by atoms with Gasteiger partial charge >= 0.3 is 6.08 Å². The number of hydrogen-bond donors (Lipinski definition) is 1. The minimum absolute atomic E-state index is 0.0278. The van der Waals surface area contributed by atoms with Crippen LogP contribution in [0.5, 0.6) is 0 Å². The molecule has 0 saturated carbocycles. The summed E-state index contributed by atoms with van der Waals surface area (Å²) in [5, 5.41) is 8.18. The van der Waals surface area contributed by atoms with Gasteiger partial charge in [-0.3, -0.25) is 4.79 Å². The number of nitrogens with zero attached hydrogens (tertiary/aromatic N) is 1. The molecule has 0 fully saturated rings. The molecule has 0 aromatic carbocycles. The molecule has 0 aromatic heterocycles. The molecule has 0 aliphatic heterocycles. The van der Waals surface area contributed by atoms with E-state index in [1.54, 1.807) is 0 Å². The smallest absolute Gasteiger partial charge is 0.454 e. The summed E-state index contributed by atoms with van der Waals surface area (Å²) in [6.45, 7) is 0. The van der Waals surface area contributed by atoms with Gasteiger partial charge in [-0.25, -0.2) is 0 Å². The van der Waals surface area contributed by atoms with E-state index in [1.807, 2.05) is 0 Å². The molecule has 0 bridgehead atoms. The van der Waals surface area contributed by atoms with Crippen LogP contribution >= 0.6 is 0 Å². The molecule has 3 N–H and O–H groups in total. The quantitative estimate of drug-likeness (QED) is 0.210. The topological polar surface area (TPSA) is 80.1 Å². The summed E-state index contributed by atoms with van der Waals surface area (Å²) in [7, 11) is 1.17. The van der Waals surface area contributed by atoms with Gasteiger partial charge in [-0.05, 0) is 0 Å². The standard InChI is InChI=1S/C2H6N3O2/c1-7-2(6)5(3)4/h1H3,(H3-,3,4,6)/q-1. The summed E-state index contributed by atoms with van der Waals surface area (Å²) in [6, 6.07) is 0. The van der Waals surface area contributed by atoms with Crippen molar-refractivity contribution in [1.29, 1.82) is 0 Å². The van der Waals surface area contributed by atoms with E-state index >= 15 is 0 Å². The SMILES string of the molecule is COC(O)=[N+]([NH-])[NH-]. The molecule has 0 saturated heterocycles. The van der Waals surface area contributed by atoms with E-state index in [0.717, 1.165) is 0 Å². The molecule has 42 valence electrons. The molecule has 5 heteroatoms.